The summed E-state index contributed by atoms with van der Waals surface area (Å²) in [5, 5.41) is 0. The number of carbonyl (C=O) groups is 1. The molecule has 1 unspecified atom stereocenters. The number of benzene rings is 2. The van der Waals surface area contributed by atoms with Crippen molar-refractivity contribution in [1.82, 2.24) is 4.90 Å². The summed E-state index contributed by atoms with van der Waals surface area (Å²) < 4.78 is 28.3. The molecule has 2 aliphatic rings. The number of hydrogen-bond donors (Lipinski definition) is 1. The van der Waals surface area contributed by atoms with E-state index >= 15 is 4.39 Å². The summed E-state index contributed by atoms with van der Waals surface area (Å²) in [6.45, 7) is 7.10. The van der Waals surface area contributed by atoms with Crippen LogP contribution in [0.15, 0.2) is 47.5 Å². The van der Waals surface area contributed by atoms with Crippen molar-refractivity contribution in [2.24, 2.45) is 22.1 Å². The number of hydrogen-bond acceptors (Lipinski definition) is 4. The van der Waals surface area contributed by atoms with Gasteiger partial charge in [0.15, 0.2) is 5.96 Å². The molecule has 5 nitrogen and oxygen atoms in total. The molecule has 0 spiro atoms. The molecule has 1 amide bonds. The molecule has 2 aromatic rings. The van der Waals surface area contributed by atoms with Crippen LogP contribution in [-0.4, -0.2) is 36.9 Å². The van der Waals surface area contributed by atoms with E-state index in [2.05, 4.69) is 9.89 Å². The summed E-state index contributed by atoms with van der Waals surface area (Å²) in [5.41, 5.74) is 6.33. The highest BCUT2D eigenvalue weighted by molar-refractivity contribution is 6.01. The third-order valence-electron chi connectivity index (χ3n) is 7.30. The van der Waals surface area contributed by atoms with Crippen LogP contribution in [0.2, 0.25) is 0 Å². The Kier molecular flexibility index (Phi) is 5.47. The van der Waals surface area contributed by atoms with E-state index in [1.807, 2.05) is 6.07 Å². The zero-order valence-corrected chi connectivity index (χ0v) is 19.0. The highest BCUT2D eigenvalue weighted by atomic mass is 19.1. The van der Waals surface area contributed by atoms with Gasteiger partial charge in [-0.25, -0.2) is 13.8 Å². The van der Waals surface area contributed by atoms with Crippen LogP contribution in [0, 0.1) is 23.0 Å². The van der Waals surface area contributed by atoms with Gasteiger partial charge in [-0.15, -0.1) is 0 Å². The maximum Gasteiger partial charge on any atom is 0.237 e. The lowest BCUT2D eigenvalue weighted by Gasteiger charge is -2.46. The zero-order valence-electron chi connectivity index (χ0n) is 19.0. The molecule has 1 saturated heterocycles. The summed E-state index contributed by atoms with van der Waals surface area (Å²) in [4.78, 5) is 21.1. The van der Waals surface area contributed by atoms with Crippen molar-refractivity contribution >= 4 is 17.6 Å². The second-order valence-corrected chi connectivity index (χ2v) is 9.63. The Labute approximate surface area is 187 Å². The van der Waals surface area contributed by atoms with Gasteiger partial charge in [-0.2, -0.15) is 0 Å². The van der Waals surface area contributed by atoms with Gasteiger partial charge in [-0.1, -0.05) is 12.1 Å². The van der Waals surface area contributed by atoms with Crippen molar-refractivity contribution in [2.45, 2.75) is 39.2 Å². The maximum atomic E-state index is 15.0. The molecule has 2 aliphatic heterocycles. The fourth-order valence-corrected chi connectivity index (χ4v) is 4.86. The van der Waals surface area contributed by atoms with Gasteiger partial charge in [-0.05, 0) is 75.4 Å². The third-order valence-corrected chi connectivity index (χ3v) is 7.30. The number of amides is 1. The summed E-state index contributed by atoms with van der Waals surface area (Å²) in [6, 6.07) is 11.7. The van der Waals surface area contributed by atoms with Gasteiger partial charge in [0.1, 0.15) is 17.2 Å². The predicted molar refractivity (Wildman–Crippen MR) is 122 cm³/mol. The smallest absolute Gasteiger partial charge is 0.237 e. The van der Waals surface area contributed by atoms with Crippen molar-refractivity contribution in [3.63, 3.8) is 0 Å². The predicted octanol–water partition coefficient (Wildman–Crippen LogP) is 4.06. The first-order valence-corrected chi connectivity index (χ1v) is 11.0. The highest BCUT2D eigenvalue weighted by Crippen LogP contribution is 2.47. The van der Waals surface area contributed by atoms with Gasteiger partial charge < -0.3 is 10.6 Å². The highest BCUT2D eigenvalue weighted by Gasteiger charge is 2.53. The molecule has 170 valence electrons. The van der Waals surface area contributed by atoms with Crippen molar-refractivity contribution in [2.75, 3.05) is 25.0 Å². The quantitative estimate of drug-likeness (QED) is 0.780. The summed E-state index contributed by atoms with van der Waals surface area (Å²) >= 11 is 0. The number of nitrogens with two attached hydrogens (primary N) is 1. The third kappa shape index (κ3) is 3.63. The number of aliphatic imine (C=N–C) groups is 1. The topological polar surface area (TPSA) is 61.9 Å². The molecule has 32 heavy (non-hydrogen) atoms. The molecule has 2 atom stereocenters. The van der Waals surface area contributed by atoms with Crippen LogP contribution in [0.25, 0.3) is 0 Å². The molecule has 0 saturated carbocycles. The fraction of sp³-hybridized carbons (Fsp3) is 0.440. The molecule has 4 rings (SSSR count). The van der Waals surface area contributed by atoms with Crippen molar-refractivity contribution in [3.05, 3.63) is 65.2 Å². The Morgan fingerprint density at radius 3 is 2.50 bits per heavy atom. The molecule has 1 fully saturated rings. The SMILES string of the molecule is CN1C(=O)C(C)(C)[C@@](C)(c2cc(CC3CCN(c4ccc(F)cc4)C3)ccc2F)N=C1N. The van der Waals surface area contributed by atoms with Crippen molar-refractivity contribution in [3.8, 4) is 0 Å². The minimum Gasteiger partial charge on any atom is -0.371 e. The number of carbonyl (C=O) groups excluding carboxylic acids is 1. The molecule has 0 aliphatic carbocycles. The second-order valence-electron chi connectivity index (χ2n) is 9.63. The van der Waals surface area contributed by atoms with E-state index in [1.54, 1.807) is 46.0 Å². The first kappa shape index (κ1) is 22.2. The molecule has 0 bridgehead atoms. The van der Waals surface area contributed by atoms with Gasteiger partial charge in [0.05, 0.1) is 5.41 Å². The number of halogens is 2. The summed E-state index contributed by atoms with van der Waals surface area (Å²) in [5.74, 6) is -0.338. The monoisotopic (exact) mass is 440 g/mol. The number of guanidine groups is 1. The van der Waals surface area contributed by atoms with E-state index in [1.165, 1.54) is 23.1 Å². The Hall–Kier alpha value is -2.96. The van der Waals surface area contributed by atoms with E-state index in [0.29, 0.717) is 11.5 Å². The lowest BCUT2D eigenvalue weighted by Crippen LogP contribution is -2.58. The molecular formula is C25H30F2N4O. The maximum absolute atomic E-state index is 15.0. The van der Waals surface area contributed by atoms with Gasteiger partial charge in [-0.3, -0.25) is 9.69 Å². The van der Waals surface area contributed by atoms with Crippen LogP contribution in [0.1, 0.15) is 38.3 Å². The van der Waals surface area contributed by atoms with Gasteiger partial charge in [0, 0.05) is 31.4 Å². The van der Waals surface area contributed by atoms with Crippen LogP contribution < -0.4 is 10.6 Å². The van der Waals surface area contributed by atoms with Crippen LogP contribution >= 0.6 is 0 Å². The van der Waals surface area contributed by atoms with E-state index in [4.69, 9.17) is 5.73 Å². The fourth-order valence-electron chi connectivity index (χ4n) is 4.86. The summed E-state index contributed by atoms with van der Waals surface area (Å²) in [6.07, 6.45) is 1.79. The Balaban J connectivity index is 1.59. The van der Waals surface area contributed by atoms with E-state index in [-0.39, 0.29) is 17.7 Å². The van der Waals surface area contributed by atoms with E-state index < -0.39 is 16.8 Å². The molecule has 2 aromatic carbocycles. The standard InChI is InChI=1S/C25H30F2N4O/c1-24(2)22(32)30(4)23(28)29-25(24,3)20-14-16(5-10-21(20)27)13-17-11-12-31(15-17)19-8-6-18(26)7-9-19/h5-10,14,17H,11-13,15H2,1-4H3,(H2,28,29)/t17?,25-/m1/s1. The van der Waals surface area contributed by atoms with Crippen LogP contribution in [0.5, 0.6) is 0 Å². The molecule has 0 aromatic heterocycles. The van der Waals surface area contributed by atoms with Crippen LogP contribution in [0.3, 0.4) is 0 Å². The molecule has 7 heteroatoms. The van der Waals surface area contributed by atoms with Gasteiger partial charge in [0.25, 0.3) is 0 Å². The van der Waals surface area contributed by atoms with Gasteiger partial charge in [0.2, 0.25) is 5.91 Å². The van der Waals surface area contributed by atoms with Crippen LogP contribution in [0.4, 0.5) is 14.5 Å². The molecule has 0 radical (unpaired) electrons. The number of anilines is 1. The lowest BCUT2D eigenvalue weighted by molar-refractivity contribution is -0.140. The Morgan fingerprint density at radius 1 is 1.12 bits per heavy atom. The molecular weight excluding hydrogens is 410 g/mol. The largest absolute Gasteiger partial charge is 0.371 e. The number of nitrogens with zero attached hydrogens (tertiary/aromatic N) is 3. The summed E-state index contributed by atoms with van der Waals surface area (Å²) in [7, 11) is 1.59. The lowest BCUT2D eigenvalue weighted by atomic mass is 9.67. The first-order valence-electron chi connectivity index (χ1n) is 11.0. The average molecular weight is 441 g/mol. The average Bonchev–Trinajstić information content (AvgIpc) is 3.21. The first-order chi connectivity index (χ1) is 15.0. The second kappa shape index (κ2) is 7.87. The normalized spacial score (nSPS) is 25.2. The molecule has 2 heterocycles. The Morgan fingerprint density at radius 2 is 1.81 bits per heavy atom. The minimum atomic E-state index is -1.11. The van der Waals surface area contributed by atoms with Crippen LogP contribution in [-0.2, 0) is 16.8 Å². The minimum absolute atomic E-state index is 0.0901. The van der Waals surface area contributed by atoms with Crippen molar-refractivity contribution in [1.29, 1.82) is 0 Å². The molecule has 2 N–H and O–H groups in total. The Bertz CT molecular complexity index is 1070. The van der Waals surface area contributed by atoms with Gasteiger partial charge >= 0.3 is 0 Å². The number of rotatable bonds is 4. The zero-order chi connectivity index (χ0) is 23.3. The van der Waals surface area contributed by atoms with E-state index in [9.17, 15) is 9.18 Å². The van der Waals surface area contributed by atoms with E-state index in [0.717, 1.165) is 37.2 Å². The van der Waals surface area contributed by atoms with Crippen molar-refractivity contribution < 1.29 is 13.6 Å².